The molecule has 1 aliphatic carbocycles. The van der Waals surface area contributed by atoms with E-state index in [0.717, 1.165) is 29.7 Å². The molecule has 246 valence electrons. The van der Waals surface area contributed by atoms with Crippen LogP contribution in [0.1, 0.15) is 56.4 Å². The number of carbonyl (C=O) groups is 4. The standard InChI is InChI=1S/C36H41N5O6/c1-46-27-12-10-24(11-13-27)22-36(34(44)47-2)31-26(23-41(36)32(42)25-8-4-3-5-9-25)20-29-28(31)21-30(33(43)38-15-6-7-16-38)40(29)19-18-39-17-14-37-35(39)45/h3-5,8-13,21,26,31H,6-7,14-20,22-23H2,1-2H3,(H,37,45)/t26-,31+,36+/m0/s1. The molecule has 11 nitrogen and oxygen atoms in total. The highest BCUT2D eigenvalue weighted by Gasteiger charge is 2.64. The first-order valence-corrected chi connectivity index (χ1v) is 16.5. The number of hydrogen-bond donors (Lipinski definition) is 1. The lowest BCUT2D eigenvalue weighted by atomic mass is 9.75. The third-order valence-corrected chi connectivity index (χ3v) is 10.5. The number of hydrogen-bond acceptors (Lipinski definition) is 6. The summed E-state index contributed by atoms with van der Waals surface area (Å²) in [6, 6.07) is 18.5. The first-order chi connectivity index (χ1) is 22.8. The van der Waals surface area contributed by atoms with E-state index in [1.165, 1.54) is 7.11 Å². The van der Waals surface area contributed by atoms with Crippen LogP contribution >= 0.6 is 0 Å². The van der Waals surface area contributed by atoms with E-state index in [2.05, 4.69) is 9.88 Å². The zero-order valence-corrected chi connectivity index (χ0v) is 26.9. The van der Waals surface area contributed by atoms with Gasteiger partial charge in [0.25, 0.3) is 11.8 Å². The molecule has 11 heteroatoms. The van der Waals surface area contributed by atoms with Gasteiger partial charge in [-0.2, -0.15) is 0 Å². The molecule has 7 rings (SSSR count). The van der Waals surface area contributed by atoms with E-state index in [-0.39, 0.29) is 30.2 Å². The predicted octanol–water partition coefficient (Wildman–Crippen LogP) is 3.32. The van der Waals surface area contributed by atoms with Crippen molar-refractivity contribution in [2.24, 2.45) is 5.92 Å². The molecule has 3 aromatic rings. The quantitative estimate of drug-likeness (QED) is 0.360. The number of urea groups is 1. The molecule has 0 radical (unpaired) electrons. The van der Waals surface area contributed by atoms with Crippen molar-refractivity contribution < 1.29 is 28.7 Å². The van der Waals surface area contributed by atoms with Crippen LogP contribution in [0.2, 0.25) is 0 Å². The van der Waals surface area contributed by atoms with Crippen LogP contribution in [0.25, 0.3) is 0 Å². The minimum Gasteiger partial charge on any atom is -0.497 e. The van der Waals surface area contributed by atoms with E-state index in [1.54, 1.807) is 29.0 Å². The van der Waals surface area contributed by atoms with Crippen molar-refractivity contribution in [3.05, 3.63) is 88.7 Å². The fourth-order valence-corrected chi connectivity index (χ4v) is 8.32. The molecule has 1 N–H and O–H groups in total. The third kappa shape index (κ3) is 5.21. The SMILES string of the molecule is COC(=O)[C@@]1(Cc2ccc(OC)cc2)[C@H]2c3cc(C(=O)N4CCCC4)n(CCN4CCNC4=O)c3C[C@H]2CN1C(=O)c1ccccc1. The number of fused-ring (bicyclic) bond motifs is 3. The molecule has 2 aromatic carbocycles. The second kappa shape index (κ2) is 12.4. The number of ether oxygens (including phenoxy) is 2. The van der Waals surface area contributed by atoms with Gasteiger partial charge in [0.05, 0.1) is 14.2 Å². The number of amides is 4. The number of nitrogens with one attached hydrogen (secondary N) is 1. The van der Waals surface area contributed by atoms with Crippen LogP contribution in [0, 0.1) is 5.92 Å². The van der Waals surface area contributed by atoms with E-state index in [9.17, 15) is 19.2 Å². The van der Waals surface area contributed by atoms with Gasteiger partial charge in [0.2, 0.25) is 0 Å². The average molecular weight is 640 g/mol. The summed E-state index contributed by atoms with van der Waals surface area (Å²) in [4.78, 5) is 60.5. The van der Waals surface area contributed by atoms with Crippen LogP contribution in [0.3, 0.4) is 0 Å². The second-order valence-corrected chi connectivity index (χ2v) is 13.0. The van der Waals surface area contributed by atoms with Gasteiger partial charge in [-0.25, -0.2) is 9.59 Å². The van der Waals surface area contributed by atoms with Crippen LogP contribution in [0.5, 0.6) is 5.75 Å². The maximum Gasteiger partial charge on any atom is 0.332 e. The third-order valence-electron chi connectivity index (χ3n) is 10.5. The minimum atomic E-state index is -1.36. The Kier molecular flexibility index (Phi) is 8.15. The van der Waals surface area contributed by atoms with Gasteiger partial charge < -0.3 is 34.1 Å². The Balaban J connectivity index is 1.35. The summed E-state index contributed by atoms with van der Waals surface area (Å²) in [7, 11) is 2.98. The Morgan fingerprint density at radius 2 is 1.68 bits per heavy atom. The first kappa shape index (κ1) is 30.8. The monoisotopic (exact) mass is 639 g/mol. The Hall–Kier alpha value is -4.80. The molecule has 4 aliphatic rings. The molecule has 0 saturated carbocycles. The number of aromatic nitrogens is 1. The molecule has 0 unspecified atom stereocenters. The average Bonchev–Trinajstić information content (AvgIpc) is 3.93. The highest BCUT2D eigenvalue weighted by atomic mass is 16.5. The summed E-state index contributed by atoms with van der Waals surface area (Å²) < 4.78 is 13.1. The minimum absolute atomic E-state index is 0.0339. The van der Waals surface area contributed by atoms with Crippen molar-refractivity contribution in [3.63, 3.8) is 0 Å². The number of benzene rings is 2. The van der Waals surface area contributed by atoms with Crippen molar-refractivity contribution in [1.29, 1.82) is 0 Å². The lowest BCUT2D eigenvalue weighted by Gasteiger charge is -2.40. The van der Waals surface area contributed by atoms with Gasteiger partial charge in [-0.3, -0.25) is 9.59 Å². The molecule has 3 saturated heterocycles. The van der Waals surface area contributed by atoms with Gasteiger partial charge >= 0.3 is 12.0 Å². The van der Waals surface area contributed by atoms with Gasteiger partial charge in [-0.05, 0) is 66.6 Å². The van der Waals surface area contributed by atoms with Crippen LogP contribution in [-0.4, -0.2) is 102 Å². The lowest BCUT2D eigenvalue weighted by molar-refractivity contribution is -0.153. The number of methoxy groups -OCH3 is 2. The summed E-state index contributed by atoms with van der Waals surface area (Å²) >= 11 is 0. The second-order valence-electron chi connectivity index (χ2n) is 13.0. The fourth-order valence-electron chi connectivity index (χ4n) is 8.32. The highest BCUT2D eigenvalue weighted by Crippen LogP contribution is 2.55. The summed E-state index contributed by atoms with van der Waals surface area (Å²) in [5.74, 6) is -0.517. The van der Waals surface area contributed by atoms with E-state index < -0.39 is 17.4 Å². The summed E-state index contributed by atoms with van der Waals surface area (Å²) in [6.07, 6.45) is 2.76. The molecular formula is C36H41N5O6. The Morgan fingerprint density at radius 3 is 2.34 bits per heavy atom. The smallest absolute Gasteiger partial charge is 0.332 e. The van der Waals surface area contributed by atoms with Gasteiger partial charge in [0.1, 0.15) is 11.4 Å². The zero-order valence-electron chi connectivity index (χ0n) is 26.9. The van der Waals surface area contributed by atoms with Crippen LogP contribution in [0.4, 0.5) is 4.79 Å². The summed E-state index contributed by atoms with van der Waals surface area (Å²) in [6.45, 7) is 3.93. The molecule has 47 heavy (non-hydrogen) atoms. The molecule has 3 fully saturated rings. The van der Waals surface area contributed by atoms with Gasteiger partial charge in [-0.1, -0.05) is 30.3 Å². The van der Waals surface area contributed by atoms with E-state index in [4.69, 9.17) is 9.47 Å². The fraction of sp³-hybridized carbons (Fsp3) is 0.444. The molecule has 3 atom stereocenters. The predicted molar refractivity (Wildman–Crippen MR) is 173 cm³/mol. The molecule has 0 spiro atoms. The Labute approximate surface area is 274 Å². The summed E-state index contributed by atoms with van der Waals surface area (Å²) in [5.41, 5.74) is 2.49. The topological polar surface area (TPSA) is 113 Å². The normalized spacial score (nSPS) is 23.1. The largest absolute Gasteiger partial charge is 0.497 e. The zero-order chi connectivity index (χ0) is 32.7. The maximum absolute atomic E-state index is 14.4. The van der Waals surface area contributed by atoms with E-state index in [0.29, 0.717) is 69.2 Å². The molecule has 4 heterocycles. The van der Waals surface area contributed by atoms with Gasteiger partial charge in [0.15, 0.2) is 5.54 Å². The van der Waals surface area contributed by atoms with Crippen molar-refractivity contribution in [2.45, 2.75) is 43.7 Å². The molecule has 3 aliphatic heterocycles. The van der Waals surface area contributed by atoms with Crippen molar-refractivity contribution in [2.75, 3.05) is 53.5 Å². The van der Waals surface area contributed by atoms with Gasteiger partial charge in [0, 0.05) is 69.4 Å². The first-order valence-electron chi connectivity index (χ1n) is 16.5. The number of esters is 1. The number of carbonyl (C=O) groups excluding carboxylic acids is 4. The molecule has 0 bridgehead atoms. The highest BCUT2D eigenvalue weighted by molar-refractivity contribution is 6.00. The summed E-state index contributed by atoms with van der Waals surface area (Å²) in [5, 5.41) is 2.86. The van der Waals surface area contributed by atoms with Gasteiger partial charge in [-0.15, -0.1) is 0 Å². The number of nitrogens with zero attached hydrogens (tertiary/aromatic N) is 4. The van der Waals surface area contributed by atoms with E-state index in [1.807, 2.05) is 53.4 Å². The van der Waals surface area contributed by atoms with Crippen LogP contribution in [-0.2, 0) is 28.9 Å². The maximum atomic E-state index is 14.4. The molecule has 4 amide bonds. The molecule has 1 aromatic heterocycles. The number of likely N-dealkylation sites (tertiary alicyclic amines) is 2. The van der Waals surface area contributed by atoms with Crippen molar-refractivity contribution in [1.82, 2.24) is 24.6 Å². The Morgan fingerprint density at radius 1 is 0.936 bits per heavy atom. The Bertz CT molecular complexity index is 1680. The van der Waals surface area contributed by atoms with E-state index >= 15 is 0 Å². The van der Waals surface area contributed by atoms with Crippen LogP contribution in [0.15, 0.2) is 60.7 Å². The van der Waals surface area contributed by atoms with Crippen molar-refractivity contribution >= 4 is 23.8 Å². The lowest BCUT2D eigenvalue weighted by Crippen LogP contribution is -2.58. The van der Waals surface area contributed by atoms with Crippen molar-refractivity contribution in [3.8, 4) is 5.75 Å². The number of rotatable bonds is 9. The van der Waals surface area contributed by atoms with Crippen LogP contribution < -0.4 is 10.1 Å². The molecular weight excluding hydrogens is 598 g/mol.